The number of piperidine rings is 1. The van der Waals surface area contributed by atoms with Crippen LogP contribution in [0.3, 0.4) is 0 Å². The number of hydrogen-bond donors (Lipinski definition) is 2. The Morgan fingerprint density at radius 3 is 3.09 bits per heavy atom. The molecule has 1 saturated heterocycles. The molecule has 1 fully saturated rings. The van der Waals surface area contributed by atoms with Crippen molar-refractivity contribution in [2.24, 2.45) is 5.92 Å². The lowest BCUT2D eigenvalue weighted by Gasteiger charge is -2.32. The largest absolute Gasteiger partial charge is 0.450 e. The third-order valence-corrected chi connectivity index (χ3v) is 3.82. The highest BCUT2D eigenvalue weighted by Gasteiger charge is 2.24. The van der Waals surface area contributed by atoms with Crippen LogP contribution in [0.5, 0.6) is 0 Å². The number of amides is 2. The van der Waals surface area contributed by atoms with Gasteiger partial charge in [-0.1, -0.05) is 0 Å². The first-order valence-corrected chi connectivity index (χ1v) is 7.89. The summed E-state index contributed by atoms with van der Waals surface area (Å²) in [5, 5.41) is 11.9. The molecule has 0 spiro atoms. The third-order valence-electron chi connectivity index (χ3n) is 3.82. The number of aliphatic hydroxyl groups is 1. The summed E-state index contributed by atoms with van der Waals surface area (Å²) >= 11 is 0. The Bertz CT molecular complexity index is 550. The minimum absolute atomic E-state index is 0.0667. The lowest BCUT2D eigenvalue weighted by atomic mass is 9.98. The van der Waals surface area contributed by atoms with Gasteiger partial charge in [0, 0.05) is 31.5 Å². The van der Waals surface area contributed by atoms with Crippen molar-refractivity contribution in [3.05, 3.63) is 29.6 Å². The number of aliphatic hydroxyl groups excluding tert-OH is 1. The standard InChI is InChI=1S/C16H23N3O4/c1-2-23-16(22)18-9-14-8-13(5-6-17-14)15(21)19-7-3-4-12(10-19)11-20/h5-6,8,12,20H,2-4,7,9-11H2,1H3,(H,18,22). The molecule has 23 heavy (non-hydrogen) atoms. The first-order chi connectivity index (χ1) is 11.1. The highest BCUT2D eigenvalue weighted by molar-refractivity contribution is 5.94. The van der Waals surface area contributed by atoms with E-state index in [1.165, 1.54) is 0 Å². The van der Waals surface area contributed by atoms with Gasteiger partial charge in [-0.2, -0.15) is 0 Å². The van der Waals surface area contributed by atoms with Gasteiger partial charge < -0.3 is 20.1 Å². The van der Waals surface area contributed by atoms with Crippen molar-refractivity contribution in [3.8, 4) is 0 Å². The number of rotatable bonds is 5. The zero-order valence-corrected chi connectivity index (χ0v) is 13.3. The maximum Gasteiger partial charge on any atom is 0.407 e. The minimum Gasteiger partial charge on any atom is -0.450 e. The number of ether oxygens (including phenoxy) is 1. The van der Waals surface area contributed by atoms with Gasteiger partial charge in [0.25, 0.3) is 5.91 Å². The van der Waals surface area contributed by atoms with Crippen LogP contribution in [0.4, 0.5) is 4.79 Å². The van der Waals surface area contributed by atoms with Gasteiger partial charge in [0.15, 0.2) is 0 Å². The lowest BCUT2D eigenvalue weighted by molar-refractivity contribution is 0.0620. The molecule has 2 amide bonds. The average Bonchev–Trinajstić information content (AvgIpc) is 2.60. The van der Waals surface area contributed by atoms with Gasteiger partial charge in [-0.15, -0.1) is 0 Å². The molecule has 2 heterocycles. The molecule has 126 valence electrons. The fourth-order valence-corrected chi connectivity index (χ4v) is 2.63. The van der Waals surface area contributed by atoms with Gasteiger partial charge >= 0.3 is 6.09 Å². The minimum atomic E-state index is -0.507. The molecule has 0 aliphatic carbocycles. The number of carbonyl (C=O) groups is 2. The fourth-order valence-electron chi connectivity index (χ4n) is 2.63. The Hall–Kier alpha value is -2.15. The molecule has 1 aliphatic heterocycles. The lowest BCUT2D eigenvalue weighted by Crippen LogP contribution is -2.41. The van der Waals surface area contributed by atoms with Crippen LogP contribution < -0.4 is 5.32 Å². The van der Waals surface area contributed by atoms with E-state index in [9.17, 15) is 14.7 Å². The molecule has 0 aromatic carbocycles. The van der Waals surface area contributed by atoms with Crippen LogP contribution in [-0.4, -0.2) is 53.3 Å². The molecule has 1 aromatic heterocycles. The smallest absolute Gasteiger partial charge is 0.407 e. The van der Waals surface area contributed by atoms with Crippen LogP contribution in [0, 0.1) is 5.92 Å². The summed E-state index contributed by atoms with van der Waals surface area (Å²) in [5.41, 5.74) is 1.14. The SMILES string of the molecule is CCOC(=O)NCc1cc(C(=O)N2CCCC(CO)C2)ccn1. The second-order valence-electron chi connectivity index (χ2n) is 5.55. The van der Waals surface area contributed by atoms with Crippen LogP contribution >= 0.6 is 0 Å². The van der Waals surface area contributed by atoms with Gasteiger partial charge in [-0.3, -0.25) is 9.78 Å². The quantitative estimate of drug-likeness (QED) is 0.849. The van der Waals surface area contributed by atoms with Crippen molar-refractivity contribution in [1.82, 2.24) is 15.2 Å². The number of likely N-dealkylation sites (tertiary alicyclic amines) is 1. The van der Waals surface area contributed by atoms with Gasteiger partial charge in [0.05, 0.1) is 18.8 Å². The van der Waals surface area contributed by atoms with E-state index < -0.39 is 6.09 Å². The fraction of sp³-hybridized carbons (Fsp3) is 0.562. The van der Waals surface area contributed by atoms with Gasteiger partial charge in [-0.05, 0) is 37.8 Å². The maximum atomic E-state index is 12.6. The van der Waals surface area contributed by atoms with Crippen molar-refractivity contribution in [3.63, 3.8) is 0 Å². The molecule has 1 aromatic rings. The normalized spacial score (nSPS) is 17.7. The van der Waals surface area contributed by atoms with E-state index in [0.29, 0.717) is 31.0 Å². The summed E-state index contributed by atoms with van der Waals surface area (Å²) in [6.45, 7) is 3.63. The number of pyridine rings is 1. The predicted molar refractivity (Wildman–Crippen MR) is 83.8 cm³/mol. The van der Waals surface area contributed by atoms with Crippen molar-refractivity contribution in [2.45, 2.75) is 26.3 Å². The molecule has 7 nitrogen and oxygen atoms in total. The molecule has 2 N–H and O–H groups in total. The summed E-state index contributed by atoms with van der Waals surface area (Å²) in [7, 11) is 0. The van der Waals surface area contributed by atoms with Crippen LogP contribution in [0.1, 0.15) is 35.8 Å². The van der Waals surface area contributed by atoms with Crippen LogP contribution in [0.15, 0.2) is 18.3 Å². The summed E-state index contributed by atoms with van der Waals surface area (Å²) in [5.74, 6) is 0.0856. The van der Waals surface area contributed by atoms with Crippen molar-refractivity contribution in [1.29, 1.82) is 0 Å². The summed E-state index contributed by atoms with van der Waals surface area (Å²) < 4.78 is 4.78. The van der Waals surface area contributed by atoms with Crippen LogP contribution in [0.25, 0.3) is 0 Å². The highest BCUT2D eigenvalue weighted by Crippen LogP contribution is 2.18. The molecule has 1 unspecified atom stereocenters. The van der Waals surface area contributed by atoms with E-state index in [1.807, 2.05) is 0 Å². The summed E-state index contributed by atoms with van der Waals surface area (Å²) in [6, 6.07) is 3.34. The number of nitrogens with one attached hydrogen (secondary N) is 1. The van der Waals surface area contributed by atoms with Crippen molar-refractivity contribution >= 4 is 12.0 Å². The number of alkyl carbamates (subject to hydrolysis) is 1. The number of carbonyl (C=O) groups excluding carboxylic acids is 2. The van der Waals surface area contributed by atoms with Crippen LogP contribution in [0.2, 0.25) is 0 Å². The molecule has 7 heteroatoms. The molecular formula is C16H23N3O4. The molecule has 0 radical (unpaired) electrons. The Morgan fingerprint density at radius 2 is 2.35 bits per heavy atom. The zero-order valence-electron chi connectivity index (χ0n) is 13.3. The van der Waals surface area contributed by atoms with Gasteiger partial charge in [0.1, 0.15) is 0 Å². The Kier molecular flexibility index (Phi) is 6.34. The van der Waals surface area contributed by atoms with E-state index in [1.54, 1.807) is 30.2 Å². The Morgan fingerprint density at radius 1 is 1.52 bits per heavy atom. The van der Waals surface area contributed by atoms with E-state index in [-0.39, 0.29) is 25.0 Å². The Labute approximate surface area is 135 Å². The Balaban J connectivity index is 1.98. The zero-order chi connectivity index (χ0) is 16.7. The van der Waals surface area contributed by atoms with E-state index in [0.717, 1.165) is 12.8 Å². The van der Waals surface area contributed by atoms with E-state index in [2.05, 4.69) is 10.3 Å². The van der Waals surface area contributed by atoms with Crippen molar-refractivity contribution < 1.29 is 19.4 Å². The van der Waals surface area contributed by atoms with E-state index >= 15 is 0 Å². The summed E-state index contributed by atoms with van der Waals surface area (Å²) in [4.78, 5) is 29.8. The highest BCUT2D eigenvalue weighted by atomic mass is 16.5. The number of aromatic nitrogens is 1. The molecule has 0 bridgehead atoms. The van der Waals surface area contributed by atoms with Gasteiger partial charge in [0.2, 0.25) is 0 Å². The predicted octanol–water partition coefficient (Wildman–Crippen LogP) is 1.17. The monoisotopic (exact) mass is 321 g/mol. The topological polar surface area (TPSA) is 91.8 Å². The van der Waals surface area contributed by atoms with Crippen molar-refractivity contribution in [2.75, 3.05) is 26.3 Å². The second-order valence-corrected chi connectivity index (χ2v) is 5.55. The molecular weight excluding hydrogens is 298 g/mol. The number of hydrogen-bond acceptors (Lipinski definition) is 5. The average molecular weight is 321 g/mol. The van der Waals surface area contributed by atoms with E-state index in [4.69, 9.17) is 4.74 Å². The molecule has 1 aliphatic rings. The first kappa shape index (κ1) is 17.2. The van der Waals surface area contributed by atoms with Crippen LogP contribution in [-0.2, 0) is 11.3 Å². The summed E-state index contributed by atoms with van der Waals surface area (Å²) in [6.07, 6.45) is 2.90. The molecule has 0 saturated carbocycles. The van der Waals surface area contributed by atoms with Gasteiger partial charge in [-0.25, -0.2) is 4.79 Å². The number of nitrogens with zero attached hydrogens (tertiary/aromatic N) is 2. The first-order valence-electron chi connectivity index (χ1n) is 7.89. The molecule has 2 rings (SSSR count). The molecule has 1 atom stereocenters. The third kappa shape index (κ3) is 4.92. The second kappa shape index (κ2) is 8.47. The maximum absolute atomic E-state index is 12.6.